The van der Waals surface area contributed by atoms with Crippen molar-refractivity contribution in [3.05, 3.63) is 0 Å². The molecule has 1 N–H and O–H groups in total. The summed E-state index contributed by atoms with van der Waals surface area (Å²) < 4.78 is 10.5. The number of rotatable bonds is 7. The number of ether oxygens (including phenoxy) is 2. The molecule has 3 heteroatoms. The Morgan fingerprint density at radius 3 is 2.75 bits per heavy atom. The molecule has 0 spiro atoms. The summed E-state index contributed by atoms with van der Waals surface area (Å²) in [7, 11) is 1.71. The molecule has 0 aliphatic heterocycles. The highest BCUT2D eigenvalue weighted by molar-refractivity contribution is 4.77. The van der Waals surface area contributed by atoms with Crippen LogP contribution in [0.1, 0.15) is 39.0 Å². The van der Waals surface area contributed by atoms with E-state index in [-0.39, 0.29) is 6.10 Å². The molecule has 0 heterocycles. The Bertz CT molecular complexity index is 173. The van der Waals surface area contributed by atoms with Crippen LogP contribution in [-0.2, 0) is 9.47 Å². The average molecular weight is 230 g/mol. The topological polar surface area (TPSA) is 38.7 Å². The van der Waals surface area contributed by atoms with Gasteiger partial charge in [0, 0.05) is 26.9 Å². The second-order valence-corrected chi connectivity index (χ2v) is 4.99. The molecule has 0 aromatic heterocycles. The average Bonchev–Trinajstić information content (AvgIpc) is 2.28. The maximum absolute atomic E-state index is 9.85. The fourth-order valence-corrected chi connectivity index (χ4v) is 2.44. The molecule has 0 bridgehead atoms. The fraction of sp³-hybridized carbons (Fsp3) is 1.00. The minimum atomic E-state index is -0.0984. The van der Waals surface area contributed by atoms with Crippen LogP contribution in [0.5, 0.6) is 0 Å². The standard InChI is InChI=1S/C13H26O3/c1-11-4-5-13(14)12(10-11)6-9-16-8-3-7-15-2/h11-14H,3-10H2,1-2H3. The first kappa shape index (κ1) is 13.9. The summed E-state index contributed by atoms with van der Waals surface area (Å²) in [6.07, 6.45) is 5.15. The first-order valence-corrected chi connectivity index (χ1v) is 6.48. The molecule has 1 saturated carbocycles. The molecular weight excluding hydrogens is 204 g/mol. The van der Waals surface area contributed by atoms with Crippen LogP contribution in [0, 0.1) is 11.8 Å². The molecule has 0 radical (unpaired) electrons. The molecule has 0 aromatic carbocycles. The highest BCUT2D eigenvalue weighted by Gasteiger charge is 2.26. The molecule has 16 heavy (non-hydrogen) atoms. The van der Waals surface area contributed by atoms with Gasteiger partial charge in [-0.2, -0.15) is 0 Å². The summed E-state index contributed by atoms with van der Waals surface area (Å²) in [5, 5.41) is 9.85. The monoisotopic (exact) mass is 230 g/mol. The van der Waals surface area contributed by atoms with Gasteiger partial charge >= 0.3 is 0 Å². The Morgan fingerprint density at radius 1 is 1.19 bits per heavy atom. The van der Waals surface area contributed by atoms with E-state index in [1.165, 1.54) is 6.42 Å². The quantitative estimate of drug-likeness (QED) is 0.682. The molecule has 3 nitrogen and oxygen atoms in total. The maximum Gasteiger partial charge on any atom is 0.0569 e. The molecule has 0 aromatic rings. The Kier molecular flexibility index (Phi) is 7.01. The lowest BCUT2D eigenvalue weighted by molar-refractivity contribution is 0.0234. The van der Waals surface area contributed by atoms with Crippen LogP contribution in [0.15, 0.2) is 0 Å². The van der Waals surface area contributed by atoms with E-state index in [0.717, 1.165) is 51.4 Å². The van der Waals surface area contributed by atoms with Crippen molar-refractivity contribution in [1.82, 2.24) is 0 Å². The van der Waals surface area contributed by atoms with Gasteiger partial charge in [0.25, 0.3) is 0 Å². The molecule has 1 fully saturated rings. The highest BCUT2D eigenvalue weighted by atomic mass is 16.5. The van der Waals surface area contributed by atoms with Gasteiger partial charge in [0.1, 0.15) is 0 Å². The summed E-state index contributed by atoms with van der Waals surface area (Å²) in [6.45, 7) is 4.59. The van der Waals surface area contributed by atoms with E-state index >= 15 is 0 Å². The van der Waals surface area contributed by atoms with Gasteiger partial charge in [0.05, 0.1) is 6.10 Å². The van der Waals surface area contributed by atoms with Gasteiger partial charge in [-0.25, -0.2) is 0 Å². The zero-order valence-corrected chi connectivity index (χ0v) is 10.7. The first-order valence-electron chi connectivity index (χ1n) is 6.48. The van der Waals surface area contributed by atoms with Crippen molar-refractivity contribution in [2.24, 2.45) is 11.8 Å². The van der Waals surface area contributed by atoms with Crippen LogP contribution in [0.2, 0.25) is 0 Å². The Hall–Kier alpha value is -0.120. The van der Waals surface area contributed by atoms with E-state index < -0.39 is 0 Å². The van der Waals surface area contributed by atoms with Gasteiger partial charge in [-0.3, -0.25) is 0 Å². The van der Waals surface area contributed by atoms with E-state index in [4.69, 9.17) is 9.47 Å². The minimum Gasteiger partial charge on any atom is -0.393 e. The molecule has 0 amide bonds. The van der Waals surface area contributed by atoms with Crippen molar-refractivity contribution in [2.75, 3.05) is 26.9 Å². The van der Waals surface area contributed by atoms with Crippen molar-refractivity contribution in [3.8, 4) is 0 Å². The van der Waals surface area contributed by atoms with Gasteiger partial charge in [-0.05, 0) is 43.9 Å². The molecule has 3 unspecified atom stereocenters. The zero-order chi connectivity index (χ0) is 11.8. The Morgan fingerprint density at radius 2 is 2.00 bits per heavy atom. The van der Waals surface area contributed by atoms with Gasteiger partial charge in [-0.15, -0.1) is 0 Å². The normalized spacial score (nSPS) is 30.6. The van der Waals surface area contributed by atoms with Crippen molar-refractivity contribution in [2.45, 2.75) is 45.1 Å². The van der Waals surface area contributed by atoms with Crippen LogP contribution in [0.4, 0.5) is 0 Å². The van der Waals surface area contributed by atoms with E-state index in [1.54, 1.807) is 7.11 Å². The Labute approximate surface area is 99.1 Å². The largest absolute Gasteiger partial charge is 0.393 e. The van der Waals surface area contributed by atoms with Crippen molar-refractivity contribution in [1.29, 1.82) is 0 Å². The van der Waals surface area contributed by atoms with Crippen molar-refractivity contribution >= 4 is 0 Å². The van der Waals surface area contributed by atoms with Crippen LogP contribution in [0.25, 0.3) is 0 Å². The lowest BCUT2D eigenvalue weighted by Crippen LogP contribution is -2.29. The van der Waals surface area contributed by atoms with Gasteiger partial charge in [0.15, 0.2) is 0 Å². The maximum atomic E-state index is 9.85. The Balaban J connectivity index is 2.02. The zero-order valence-electron chi connectivity index (χ0n) is 10.7. The van der Waals surface area contributed by atoms with Crippen LogP contribution in [0.3, 0.4) is 0 Å². The summed E-state index contributed by atoms with van der Waals surface area (Å²) in [4.78, 5) is 0. The number of aliphatic hydroxyl groups excluding tert-OH is 1. The number of methoxy groups -OCH3 is 1. The molecule has 96 valence electrons. The lowest BCUT2D eigenvalue weighted by Gasteiger charge is -2.31. The number of hydrogen-bond acceptors (Lipinski definition) is 3. The second-order valence-electron chi connectivity index (χ2n) is 4.99. The number of aliphatic hydroxyl groups is 1. The van der Waals surface area contributed by atoms with Gasteiger partial charge in [-0.1, -0.05) is 6.92 Å². The van der Waals surface area contributed by atoms with E-state index in [9.17, 15) is 5.11 Å². The molecule has 1 aliphatic rings. The van der Waals surface area contributed by atoms with Crippen LogP contribution in [-0.4, -0.2) is 38.1 Å². The summed E-state index contributed by atoms with van der Waals surface area (Å²) in [6, 6.07) is 0. The predicted molar refractivity (Wildman–Crippen MR) is 64.4 cm³/mol. The molecule has 1 rings (SSSR count). The van der Waals surface area contributed by atoms with E-state index in [1.807, 2.05) is 0 Å². The minimum absolute atomic E-state index is 0.0984. The third-order valence-corrected chi connectivity index (χ3v) is 3.47. The van der Waals surface area contributed by atoms with E-state index in [0.29, 0.717) is 5.92 Å². The summed E-state index contributed by atoms with van der Waals surface area (Å²) in [5.74, 6) is 1.22. The summed E-state index contributed by atoms with van der Waals surface area (Å²) in [5.41, 5.74) is 0. The number of hydrogen-bond donors (Lipinski definition) is 1. The van der Waals surface area contributed by atoms with Gasteiger partial charge in [0.2, 0.25) is 0 Å². The summed E-state index contributed by atoms with van der Waals surface area (Å²) >= 11 is 0. The van der Waals surface area contributed by atoms with Crippen molar-refractivity contribution < 1.29 is 14.6 Å². The molecule has 0 saturated heterocycles. The van der Waals surface area contributed by atoms with Gasteiger partial charge < -0.3 is 14.6 Å². The third-order valence-electron chi connectivity index (χ3n) is 3.47. The second kappa shape index (κ2) is 8.04. The van der Waals surface area contributed by atoms with Crippen LogP contribution < -0.4 is 0 Å². The molecule has 1 aliphatic carbocycles. The lowest BCUT2D eigenvalue weighted by atomic mass is 9.79. The van der Waals surface area contributed by atoms with E-state index in [2.05, 4.69) is 6.92 Å². The first-order chi connectivity index (χ1) is 7.74. The smallest absolute Gasteiger partial charge is 0.0569 e. The van der Waals surface area contributed by atoms with Crippen molar-refractivity contribution in [3.63, 3.8) is 0 Å². The highest BCUT2D eigenvalue weighted by Crippen LogP contribution is 2.30. The predicted octanol–water partition coefficient (Wildman–Crippen LogP) is 2.23. The van der Waals surface area contributed by atoms with Crippen LogP contribution >= 0.6 is 0 Å². The fourth-order valence-electron chi connectivity index (χ4n) is 2.44. The SMILES string of the molecule is COCCCOCCC1CC(C)CCC1O. The molecular formula is C13H26O3. The molecule has 3 atom stereocenters. The third kappa shape index (κ3) is 5.28.